The molecule has 0 aliphatic carbocycles. The minimum Gasteiger partial charge on any atom is -0.494 e. The van der Waals surface area contributed by atoms with E-state index in [9.17, 15) is 9.59 Å². The number of amides is 1. The first-order valence-electron chi connectivity index (χ1n) is 8.40. The molecule has 0 atom stereocenters. The van der Waals surface area contributed by atoms with Crippen LogP contribution in [0.2, 0.25) is 0 Å². The van der Waals surface area contributed by atoms with Gasteiger partial charge in [0.2, 0.25) is 5.91 Å². The monoisotopic (exact) mass is 356 g/mol. The van der Waals surface area contributed by atoms with E-state index in [2.05, 4.69) is 10.1 Å². The van der Waals surface area contributed by atoms with Crippen LogP contribution >= 0.6 is 0 Å². The van der Waals surface area contributed by atoms with Crippen molar-refractivity contribution < 1.29 is 19.1 Å². The number of anilines is 1. The number of hydrogen-bond acceptors (Lipinski definition) is 5. The first-order valence-corrected chi connectivity index (χ1v) is 8.40. The van der Waals surface area contributed by atoms with Gasteiger partial charge in [-0.2, -0.15) is 0 Å². The van der Waals surface area contributed by atoms with Gasteiger partial charge < -0.3 is 14.8 Å². The third-order valence-electron chi connectivity index (χ3n) is 3.69. The summed E-state index contributed by atoms with van der Waals surface area (Å²) in [6.07, 6.45) is 0. The molecule has 0 spiro atoms. The number of ether oxygens (including phenoxy) is 2. The molecule has 0 aromatic heterocycles. The van der Waals surface area contributed by atoms with Crippen molar-refractivity contribution in [1.29, 1.82) is 0 Å². The largest absolute Gasteiger partial charge is 0.494 e. The number of nitrogens with one attached hydrogen (secondary N) is 1. The lowest BCUT2D eigenvalue weighted by Crippen LogP contribution is -2.29. The molecule has 0 aliphatic rings. The molecule has 0 unspecified atom stereocenters. The molecule has 2 aromatic rings. The van der Waals surface area contributed by atoms with Gasteiger partial charge in [-0.25, -0.2) is 4.79 Å². The van der Waals surface area contributed by atoms with Crippen LogP contribution in [-0.2, 0) is 16.1 Å². The van der Waals surface area contributed by atoms with Crippen LogP contribution in [0, 0.1) is 0 Å². The summed E-state index contributed by atoms with van der Waals surface area (Å²) in [5.74, 6) is 0.314. The first-order chi connectivity index (χ1) is 12.5. The van der Waals surface area contributed by atoms with Crippen molar-refractivity contribution in [3.63, 3.8) is 0 Å². The van der Waals surface area contributed by atoms with Crippen molar-refractivity contribution in [3.05, 3.63) is 59.7 Å². The van der Waals surface area contributed by atoms with E-state index in [1.54, 1.807) is 24.3 Å². The fourth-order valence-electron chi connectivity index (χ4n) is 2.48. The number of carbonyl (C=O) groups excluding carboxylic acids is 2. The van der Waals surface area contributed by atoms with Crippen molar-refractivity contribution in [2.45, 2.75) is 13.5 Å². The smallest absolute Gasteiger partial charge is 0.337 e. The zero-order valence-electron chi connectivity index (χ0n) is 15.3. The molecule has 0 saturated carbocycles. The maximum atomic E-state index is 12.2. The summed E-state index contributed by atoms with van der Waals surface area (Å²) in [6, 6.07) is 14.4. The van der Waals surface area contributed by atoms with Gasteiger partial charge in [-0.15, -0.1) is 0 Å². The van der Waals surface area contributed by atoms with Crippen LogP contribution in [0.5, 0.6) is 5.75 Å². The van der Waals surface area contributed by atoms with Gasteiger partial charge in [-0.3, -0.25) is 9.69 Å². The minimum atomic E-state index is -0.405. The summed E-state index contributed by atoms with van der Waals surface area (Å²) in [6.45, 7) is 3.50. The Labute approximate surface area is 153 Å². The average Bonchev–Trinajstić information content (AvgIpc) is 2.63. The van der Waals surface area contributed by atoms with Crippen LogP contribution in [-0.4, -0.2) is 44.1 Å². The van der Waals surface area contributed by atoms with Gasteiger partial charge in [0.15, 0.2) is 0 Å². The van der Waals surface area contributed by atoms with E-state index in [4.69, 9.17) is 4.74 Å². The third-order valence-corrected chi connectivity index (χ3v) is 3.69. The lowest BCUT2D eigenvalue weighted by Gasteiger charge is -2.16. The fourth-order valence-corrected chi connectivity index (χ4v) is 2.48. The Balaban J connectivity index is 1.83. The lowest BCUT2D eigenvalue weighted by molar-refractivity contribution is -0.117. The van der Waals surface area contributed by atoms with E-state index in [0.29, 0.717) is 24.4 Å². The Morgan fingerprint density at radius 2 is 1.69 bits per heavy atom. The average molecular weight is 356 g/mol. The maximum Gasteiger partial charge on any atom is 0.337 e. The molecule has 0 fully saturated rings. The summed E-state index contributed by atoms with van der Waals surface area (Å²) >= 11 is 0. The zero-order chi connectivity index (χ0) is 18.9. The Morgan fingerprint density at radius 3 is 2.27 bits per heavy atom. The molecule has 1 N–H and O–H groups in total. The third kappa shape index (κ3) is 5.89. The molecular formula is C20H24N2O4. The van der Waals surface area contributed by atoms with Crippen molar-refractivity contribution >= 4 is 17.6 Å². The van der Waals surface area contributed by atoms with Crippen LogP contribution in [0.15, 0.2) is 48.5 Å². The molecule has 26 heavy (non-hydrogen) atoms. The first kappa shape index (κ1) is 19.5. The summed E-state index contributed by atoms with van der Waals surface area (Å²) < 4.78 is 10.1. The van der Waals surface area contributed by atoms with Crippen LogP contribution in [0.25, 0.3) is 0 Å². The number of hydrogen-bond donors (Lipinski definition) is 1. The molecule has 0 bridgehead atoms. The number of nitrogens with zero attached hydrogens (tertiary/aromatic N) is 1. The number of benzene rings is 2. The zero-order valence-corrected chi connectivity index (χ0v) is 15.3. The van der Waals surface area contributed by atoms with Crippen molar-refractivity contribution in [1.82, 2.24) is 4.90 Å². The molecule has 0 saturated heterocycles. The molecule has 0 radical (unpaired) electrons. The van der Waals surface area contributed by atoms with Crippen LogP contribution < -0.4 is 10.1 Å². The number of esters is 1. The molecular weight excluding hydrogens is 332 g/mol. The minimum absolute atomic E-state index is 0.121. The highest BCUT2D eigenvalue weighted by Gasteiger charge is 2.09. The second-order valence-electron chi connectivity index (χ2n) is 5.87. The summed E-state index contributed by atoms with van der Waals surface area (Å²) in [5.41, 5.74) is 2.18. The predicted molar refractivity (Wildman–Crippen MR) is 100 cm³/mol. The highest BCUT2D eigenvalue weighted by molar-refractivity contribution is 5.93. The van der Waals surface area contributed by atoms with E-state index in [0.717, 1.165) is 11.3 Å². The van der Waals surface area contributed by atoms with E-state index in [-0.39, 0.29) is 12.5 Å². The Bertz CT molecular complexity index is 726. The van der Waals surface area contributed by atoms with Gasteiger partial charge >= 0.3 is 5.97 Å². The SMILES string of the molecule is CCOc1ccc(CN(C)CC(=O)Nc2ccc(C(=O)OC)cc2)cc1. The topological polar surface area (TPSA) is 67.9 Å². The van der Waals surface area contributed by atoms with Gasteiger partial charge in [-0.05, 0) is 55.9 Å². The van der Waals surface area contributed by atoms with E-state index < -0.39 is 5.97 Å². The van der Waals surface area contributed by atoms with Gasteiger partial charge in [-0.1, -0.05) is 12.1 Å². The van der Waals surface area contributed by atoms with Crippen LogP contribution in [0.1, 0.15) is 22.8 Å². The summed E-state index contributed by atoms with van der Waals surface area (Å²) in [4.78, 5) is 25.5. The van der Waals surface area contributed by atoms with Gasteiger partial charge in [0, 0.05) is 12.2 Å². The Kier molecular flexibility index (Phi) is 7.17. The molecule has 1 amide bonds. The number of rotatable bonds is 8. The van der Waals surface area contributed by atoms with E-state index in [1.807, 2.05) is 43.1 Å². The molecule has 0 aliphatic heterocycles. The lowest BCUT2D eigenvalue weighted by atomic mass is 10.2. The van der Waals surface area contributed by atoms with Crippen molar-refractivity contribution in [2.75, 3.05) is 32.6 Å². The molecule has 2 rings (SSSR count). The quantitative estimate of drug-likeness (QED) is 0.737. The molecule has 6 heteroatoms. The summed E-state index contributed by atoms with van der Waals surface area (Å²) in [7, 11) is 3.22. The Morgan fingerprint density at radius 1 is 1.04 bits per heavy atom. The van der Waals surface area contributed by atoms with E-state index in [1.165, 1.54) is 7.11 Å². The normalized spacial score (nSPS) is 10.5. The van der Waals surface area contributed by atoms with Crippen LogP contribution in [0.4, 0.5) is 5.69 Å². The van der Waals surface area contributed by atoms with Gasteiger partial charge in [0.1, 0.15) is 5.75 Å². The van der Waals surface area contributed by atoms with Crippen molar-refractivity contribution in [2.24, 2.45) is 0 Å². The van der Waals surface area contributed by atoms with E-state index >= 15 is 0 Å². The fraction of sp³-hybridized carbons (Fsp3) is 0.300. The van der Waals surface area contributed by atoms with Gasteiger partial charge in [0.05, 0.1) is 25.8 Å². The summed E-state index contributed by atoms with van der Waals surface area (Å²) in [5, 5.41) is 2.82. The number of likely N-dealkylation sites (N-methyl/N-ethyl adjacent to an activating group) is 1. The molecule has 2 aromatic carbocycles. The maximum absolute atomic E-state index is 12.2. The van der Waals surface area contributed by atoms with Crippen LogP contribution in [0.3, 0.4) is 0 Å². The van der Waals surface area contributed by atoms with Gasteiger partial charge in [0.25, 0.3) is 0 Å². The molecule has 0 heterocycles. The second kappa shape index (κ2) is 9.58. The second-order valence-corrected chi connectivity index (χ2v) is 5.87. The molecule has 138 valence electrons. The standard InChI is InChI=1S/C20H24N2O4/c1-4-26-18-11-5-15(6-12-18)13-22(2)14-19(23)21-17-9-7-16(8-10-17)20(24)25-3/h5-12H,4,13-14H2,1-3H3,(H,21,23). The number of methoxy groups -OCH3 is 1. The Hall–Kier alpha value is -2.86. The predicted octanol–water partition coefficient (Wildman–Crippen LogP) is 2.94. The highest BCUT2D eigenvalue weighted by atomic mass is 16.5. The highest BCUT2D eigenvalue weighted by Crippen LogP contribution is 2.14. The number of carbonyl (C=O) groups is 2. The van der Waals surface area contributed by atoms with Crippen molar-refractivity contribution in [3.8, 4) is 5.75 Å². The molecule has 6 nitrogen and oxygen atoms in total.